The SMILES string of the molecule is CCCCCCCCCCC1(CCCCCCCCCC)c2cc(N(c3ccccc3)c3ccc(OCCOc4cccc(C(=O)c5ccccc5)c4)cc3)ccc2-c2ccc(N(c3ccccc3)c3ccc(OCCOc4cccc(C(=O)c5ccccc5)c4)cc3)cc21. The van der Waals surface area contributed by atoms with Gasteiger partial charge >= 0.3 is 0 Å². The second-order valence-electron chi connectivity index (χ2n) is 25.2. The molecular weight excluding hydrogens is 1170 g/mol. The molecule has 0 heterocycles. The van der Waals surface area contributed by atoms with Gasteiger partial charge in [0.25, 0.3) is 0 Å². The Bertz CT molecular complexity index is 3730. The Hall–Kier alpha value is -9.66. The molecule has 0 aromatic heterocycles. The van der Waals surface area contributed by atoms with Gasteiger partial charge in [-0.3, -0.25) is 9.59 Å². The lowest BCUT2D eigenvalue weighted by atomic mass is 9.70. The van der Waals surface area contributed by atoms with E-state index in [0.717, 1.165) is 71.3 Å². The lowest BCUT2D eigenvalue weighted by Gasteiger charge is -2.35. The zero-order valence-electron chi connectivity index (χ0n) is 55.6. The molecule has 0 atom stereocenters. The van der Waals surface area contributed by atoms with Crippen molar-refractivity contribution >= 4 is 45.7 Å². The number of anilines is 6. The summed E-state index contributed by atoms with van der Waals surface area (Å²) >= 11 is 0. The standard InChI is InChI=1S/C87H92N2O6/c1-3-5-7-9-11-13-15-29-57-87(58-30-16-14-12-10-8-6-4-2)83-65-75(88(71-39-25-19-26-40-71)73-45-51-77(52-46-73)92-59-61-94-79-43-31-37-69(63-79)85(90)67-33-21-17-22-34-67)49-55-81(83)82-56-50-76(66-84(82)87)89(72-41-27-20-28-42-72)74-47-53-78(54-48-74)93-60-62-95-80-44-32-38-70(64-80)86(91)68-35-23-18-24-36-68/h17-28,31-56,63-66H,3-16,29-30,57-62H2,1-2H3. The monoisotopic (exact) mass is 1260 g/mol. The van der Waals surface area contributed by atoms with E-state index in [1.54, 1.807) is 12.1 Å². The second-order valence-corrected chi connectivity index (χ2v) is 25.2. The van der Waals surface area contributed by atoms with Crippen molar-refractivity contribution in [3.63, 3.8) is 0 Å². The number of ether oxygens (including phenoxy) is 4. The van der Waals surface area contributed by atoms with Gasteiger partial charge in [0.15, 0.2) is 11.6 Å². The summed E-state index contributed by atoms with van der Waals surface area (Å²) in [6.07, 6.45) is 22.4. The zero-order valence-corrected chi connectivity index (χ0v) is 55.6. The van der Waals surface area contributed by atoms with Crippen LogP contribution in [0.1, 0.15) is 172 Å². The molecule has 0 spiro atoms. The van der Waals surface area contributed by atoms with Crippen LogP contribution >= 0.6 is 0 Å². The zero-order chi connectivity index (χ0) is 65.3. The van der Waals surface area contributed by atoms with Crippen molar-refractivity contribution in [2.75, 3.05) is 36.2 Å². The van der Waals surface area contributed by atoms with Crippen LogP contribution in [0, 0.1) is 0 Å². The van der Waals surface area contributed by atoms with E-state index >= 15 is 0 Å². The summed E-state index contributed by atoms with van der Waals surface area (Å²) in [5.41, 5.74) is 14.2. The minimum absolute atomic E-state index is 0.0366. The first-order valence-electron chi connectivity index (χ1n) is 35.0. The highest BCUT2D eigenvalue weighted by molar-refractivity contribution is 6.09. The molecule has 8 heteroatoms. The average Bonchev–Trinajstić information content (AvgIpc) is 1.57. The maximum Gasteiger partial charge on any atom is 0.193 e. The average molecular weight is 1260 g/mol. The minimum atomic E-state index is -0.233. The Kier molecular flexibility index (Phi) is 24.2. The molecule has 1 aliphatic carbocycles. The van der Waals surface area contributed by atoms with Gasteiger partial charge < -0.3 is 28.7 Å². The number of benzene rings is 10. The summed E-state index contributed by atoms with van der Waals surface area (Å²) < 4.78 is 24.8. The molecule has 95 heavy (non-hydrogen) atoms. The Labute approximate surface area is 564 Å². The van der Waals surface area contributed by atoms with Gasteiger partial charge in [0.05, 0.1) is 0 Å². The van der Waals surface area contributed by atoms with Gasteiger partial charge in [0.1, 0.15) is 49.4 Å². The molecule has 8 nitrogen and oxygen atoms in total. The highest BCUT2D eigenvalue weighted by atomic mass is 16.5. The molecule has 0 N–H and O–H groups in total. The maximum atomic E-state index is 13.2. The van der Waals surface area contributed by atoms with Crippen molar-refractivity contribution in [1.82, 2.24) is 0 Å². The first-order valence-corrected chi connectivity index (χ1v) is 35.0. The normalized spacial score (nSPS) is 11.9. The van der Waals surface area contributed by atoms with Crippen molar-refractivity contribution in [2.24, 2.45) is 0 Å². The lowest BCUT2D eigenvalue weighted by Crippen LogP contribution is -2.26. The number of nitrogens with zero attached hydrogens (tertiary/aromatic N) is 2. The van der Waals surface area contributed by atoms with Gasteiger partial charge in [-0.05, 0) is 156 Å². The molecule has 10 aromatic rings. The number of hydrogen-bond acceptors (Lipinski definition) is 8. The van der Waals surface area contributed by atoms with Crippen LogP contribution in [0.2, 0.25) is 0 Å². The predicted molar refractivity (Wildman–Crippen MR) is 391 cm³/mol. The van der Waals surface area contributed by atoms with Crippen LogP contribution in [0.4, 0.5) is 34.1 Å². The molecule has 11 rings (SSSR count). The third-order valence-electron chi connectivity index (χ3n) is 18.5. The molecule has 0 saturated carbocycles. The minimum Gasteiger partial charge on any atom is -0.490 e. The van der Waals surface area contributed by atoms with E-state index in [1.807, 2.05) is 97.1 Å². The van der Waals surface area contributed by atoms with Crippen LogP contribution < -0.4 is 28.7 Å². The first-order chi connectivity index (χ1) is 46.9. The topological polar surface area (TPSA) is 77.5 Å². The van der Waals surface area contributed by atoms with Gasteiger partial charge in [0, 0.05) is 61.8 Å². The second kappa shape index (κ2) is 34.5. The molecule has 0 unspecified atom stereocenters. The van der Waals surface area contributed by atoms with Crippen LogP contribution in [0.3, 0.4) is 0 Å². The van der Waals surface area contributed by atoms with Gasteiger partial charge in [0.2, 0.25) is 0 Å². The predicted octanol–water partition coefficient (Wildman–Crippen LogP) is 23.3. The summed E-state index contributed by atoms with van der Waals surface area (Å²) in [7, 11) is 0. The van der Waals surface area contributed by atoms with Gasteiger partial charge in [-0.25, -0.2) is 0 Å². The highest BCUT2D eigenvalue weighted by Crippen LogP contribution is 2.57. The molecule has 10 aromatic carbocycles. The van der Waals surface area contributed by atoms with Gasteiger partial charge in [-0.2, -0.15) is 0 Å². The van der Waals surface area contributed by atoms with Crippen molar-refractivity contribution in [3.05, 3.63) is 288 Å². The van der Waals surface area contributed by atoms with Gasteiger partial charge in [-0.1, -0.05) is 250 Å². The molecular formula is C87H92N2O6. The number of rotatable bonds is 38. The van der Waals surface area contributed by atoms with Crippen molar-refractivity contribution < 1.29 is 28.5 Å². The molecule has 0 radical (unpaired) electrons. The summed E-state index contributed by atoms with van der Waals surface area (Å²) in [4.78, 5) is 31.2. The largest absolute Gasteiger partial charge is 0.490 e. The number of carbonyl (C=O) groups is 2. The first kappa shape index (κ1) is 66.8. The molecule has 0 bridgehead atoms. The number of hydrogen-bond donors (Lipinski definition) is 0. The fourth-order valence-corrected chi connectivity index (χ4v) is 13.6. The quantitative estimate of drug-likeness (QED) is 0.0280. The number of para-hydroxylation sites is 2. The van der Waals surface area contributed by atoms with Crippen LogP contribution in [-0.4, -0.2) is 38.0 Å². The third-order valence-corrected chi connectivity index (χ3v) is 18.5. The lowest BCUT2D eigenvalue weighted by molar-refractivity contribution is 0.103. The van der Waals surface area contributed by atoms with Crippen LogP contribution in [0.25, 0.3) is 11.1 Å². The Morgan fingerprint density at radius 2 is 0.589 bits per heavy atom. The number of carbonyl (C=O) groups excluding carboxylic acids is 2. The van der Waals surface area contributed by atoms with E-state index in [1.165, 1.54) is 112 Å². The summed E-state index contributed by atoms with van der Waals surface area (Å²) in [5, 5.41) is 0. The molecule has 0 saturated heterocycles. The third kappa shape index (κ3) is 17.6. The van der Waals surface area contributed by atoms with E-state index in [4.69, 9.17) is 18.9 Å². The van der Waals surface area contributed by atoms with Crippen molar-refractivity contribution in [1.29, 1.82) is 0 Å². The van der Waals surface area contributed by atoms with E-state index in [0.29, 0.717) is 60.2 Å². The fourth-order valence-electron chi connectivity index (χ4n) is 13.6. The number of ketones is 2. The van der Waals surface area contributed by atoms with Crippen LogP contribution in [0.5, 0.6) is 23.0 Å². The summed E-state index contributed by atoms with van der Waals surface area (Å²) in [5.74, 6) is 2.69. The van der Waals surface area contributed by atoms with Gasteiger partial charge in [-0.15, -0.1) is 0 Å². The Morgan fingerprint density at radius 1 is 0.284 bits per heavy atom. The summed E-state index contributed by atoms with van der Waals surface area (Å²) in [6.45, 7) is 5.93. The van der Waals surface area contributed by atoms with Crippen molar-refractivity contribution in [2.45, 2.75) is 135 Å². The molecule has 486 valence electrons. The van der Waals surface area contributed by atoms with E-state index in [2.05, 4.69) is 169 Å². The van der Waals surface area contributed by atoms with Crippen LogP contribution in [-0.2, 0) is 5.41 Å². The highest BCUT2D eigenvalue weighted by Gasteiger charge is 2.43. The fraction of sp³-hybridized carbons (Fsp3) is 0.287. The Morgan fingerprint density at radius 3 is 0.958 bits per heavy atom. The van der Waals surface area contributed by atoms with E-state index in [9.17, 15) is 9.59 Å². The molecule has 0 fully saturated rings. The number of unbranched alkanes of at least 4 members (excludes halogenated alkanes) is 14. The number of fused-ring (bicyclic) bond motifs is 3. The molecule has 0 aliphatic heterocycles. The van der Waals surface area contributed by atoms with Crippen LogP contribution in [0.15, 0.2) is 255 Å². The van der Waals surface area contributed by atoms with E-state index < -0.39 is 0 Å². The Balaban J connectivity index is 0.871. The van der Waals surface area contributed by atoms with E-state index in [-0.39, 0.29) is 17.0 Å². The molecule has 1 aliphatic rings. The van der Waals surface area contributed by atoms with Crippen molar-refractivity contribution in [3.8, 4) is 34.1 Å². The smallest absolute Gasteiger partial charge is 0.193 e. The summed E-state index contributed by atoms with van der Waals surface area (Å²) in [6, 6.07) is 86.3. The molecule has 0 amide bonds. The maximum absolute atomic E-state index is 13.2.